The van der Waals surface area contributed by atoms with E-state index in [2.05, 4.69) is 15.2 Å². The lowest BCUT2D eigenvalue weighted by Gasteiger charge is -2.31. The van der Waals surface area contributed by atoms with E-state index >= 15 is 0 Å². The predicted octanol–water partition coefficient (Wildman–Crippen LogP) is 6.65. The van der Waals surface area contributed by atoms with Crippen molar-refractivity contribution < 1.29 is 46.9 Å². The van der Waals surface area contributed by atoms with Crippen LogP contribution in [0.1, 0.15) is 111 Å². The standard InChI is InChI=1S/C39H54N5O10P/c1-24(2)17-21-31(45)50-34-33(29-19-20-30-35(40)41-23-42-44(29)30)52-38(6)37(39(34,38)51-32(46)22-18-25(3)4)54-55(48,53-28-15-11-8-12-16-28)43-26(5)36(47)49-27-13-9-7-10-14-27/h8,11-12,15-16,19-20,23-27,33-34,37H,7,9-10,13-14,17-18,21-22H2,1-6H3,(H,43,48)(H2,40,41,42)/t26-,33-,34-,37?,38+,39+,55+/m0/s1. The number of hydrogen-bond donors (Lipinski definition) is 2. The summed E-state index contributed by atoms with van der Waals surface area (Å²) in [6.07, 6.45) is 3.16. The molecule has 0 amide bonds. The summed E-state index contributed by atoms with van der Waals surface area (Å²) in [5, 5.41) is 7.15. The Kier molecular flexibility index (Phi) is 12.3. The molecule has 2 saturated carbocycles. The number of benzene rings is 1. The summed E-state index contributed by atoms with van der Waals surface area (Å²) >= 11 is 0. The molecular formula is C39H54N5O10P. The number of rotatable bonds is 17. The number of nitrogens with two attached hydrogens (primary N) is 1. The maximum Gasteiger partial charge on any atom is 0.459 e. The molecule has 1 aliphatic heterocycles. The lowest BCUT2D eigenvalue weighted by atomic mass is 9.98. The van der Waals surface area contributed by atoms with E-state index < -0.39 is 61.2 Å². The molecular weight excluding hydrogens is 729 g/mol. The molecule has 2 aromatic heterocycles. The van der Waals surface area contributed by atoms with Crippen LogP contribution in [0.25, 0.3) is 5.52 Å². The van der Waals surface area contributed by atoms with Gasteiger partial charge in [-0.25, -0.2) is 14.1 Å². The van der Waals surface area contributed by atoms with E-state index in [1.165, 1.54) is 17.8 Å². The topological polar surface area (TPSA) is 192 Å². The van der Waals surface area contributed by atoms with E-state index in [1.54, 1.807) is 49.4 Å². The van der Waals surface area contributed by atoms with Gasteiger partial charge in [-0.15, -0.1) is 0 Å². The molecule has 7 atom stereocenters. The summed E-state index contributed by atoms with van der Waals surface area (Å²) in [6, 6.07) is 10.7. The number of anilines is 1. The first-order valence-corrected chi connectivity index (χ1v) is 20.9. The fraction of sp³-hybridized carbons (Fsp3) is 0.615. The Morgan fingerprint density at radius 1 is 0.964 bits per heavy atom. The summed E-state index contributed by atoms with van der Waals surface area (Å²) in [5.41, 5.74) is 3.78. The number of esters is 3. The molecule has 3 heterocycles. The van der Waals surface area contributed by atoms with Gasteiger partial charge in [0.15, 0.2) is 11.9 Å². The Balaban J connectivity index is 1.38. The lowest BCUT2D eigenvalue weighted by Crippen LogP contribution is -2.44. The van der Waals surface area contributed by atoms with Crippen molar-refractivity contribution >= 4 is 37.0 Å². The average Bonchev–Trinajstić information content (AvgIpc) is 3.40. The van der Waals surface area contributed by atoms with Gasteiger partial charge in [-0.1, -0.05) is 52.3 Å². The smallest absolute Gasteiger partial charge is 0.459 e. The van der Waals surface area contributed by atoms with Crippen LogP contribution < -0.4 is 15.3 Å². The van der Waals surface area contributed by atoms with Crippen molar-refractivity contribution in [2.24, 2.45) is 11.8 Å². The van der Waals surface area contributed by atoms with Gasteiger partial charge in [0.25, 0.3) is 0 Å². The highest BCUT2D eigenvalue weighted by atomic mass is 31.2. The minimum atomic E-state index is -4.53. The van der Waals surface area contributed by atoms with Crippen molar-refractivity contribution in [3.05, 3.63) is 54.5 Å². The minimum absolute atomic E-state index is 0.0547. The average molecular weight is 784 g/mol. The number of fused-ring (bicyclic) bond motifs is 2. The van der Waals surface area contributed by atoms with Gasteiger partial charge in [0.05, 0.1) is 5.69 Å². The summed E-state index contributed by atoms with van der Waals surface area (Å²) in [6.45, 7) is 11.1. The van der Waals surface area contributed by atoms with E-state index in [0.717, 1.165) is 32.1 Å². The molecule has 0 spiro atoms. The van der Waals surface area contributed by atoms with Crippen LogP contribution in [-0.2, 0) is 42.4 Å². The van der Waals surface area contributed by atoms with Crippen molar-refractivity contribution in [1.29, 1.82) is 0 Å². The van der Waals surface area contributed by atoms with Crippen LogP contribution in [0.2, 0.25) is 0 Å². The molecule has 300 valence electrons. The number of aromatic nitrogens is 3. The summed E-state index contributed by atoms with van der Waals surface area (Å²) in [7, 11) is -4.53. The van der Waals surface area contributed by atoms with E-state index in [-0.39, 0.29) is 42.3 Å². The van der Waals surface area contributed by atoms with Crippen molar-refractivity contribution in [2.45, 2.75) is 141 Å². The Hall–Kier alpha value is -4.04. The summed E-state index contributed by atoms with van der Waals surface area (Å²) < 4.78 is 54.1. The zero-order chi connectivity index (χ0) is 39.5. The van der Waals surface area contributed by atoms with Gasteiger partial charge in [0.2, 0.25) is 5.60 Å². The Bertz CT molecular complexity index is 1880. The van der Waals surface area contributed by atoms with Crippen LogP contribution in [0.15, 0.2) is 48.8 Å². The van der Waals surface area contributed by atoms with Gasteiger partial charge < -0.3 is 29.2 Å². The van der Waals surface area contributed by atoms with Crippen LogP contribution in [0.5, 0.6) is 5.75 Å². The first-order chi connectivity index (χ1) is 26.2. The van der Waals surface area contributed by atoms with Gasteiger partial charge in [-0.05, 0) is 88.5 Å². The normalized spacial score (nSPS) is 26.7. The molecule has 3 aromatic rings. The Morgan fingerprint density at radius 3 is 2.31 bits per heavy atom. The monoisotopic (exact) mass is 783 g/mol. The molecule has 15 nitrogen and oxygen atoms in total. The SMILES string of the molecule is CC(C)CCC(=O)O[C@H]1[C@H](c2ccc3c(N)ncnn23)O[C@]2(C)C(O[P@@](=O)(N[C@@H](C)C(=O)OC3CCCCC3)Oc3ccccc3)[C@]12OC(=O)CCC(C)C. The number of nitrogens with one attached hydrogen (secondary N) is 1. The van der Waals surface area contributed by atoms with Gasteiger partial charge in [0, 0.05) is 12.8 Å². The second-order valence-corrected chi connectivity index (χ2v) is 17.5. The highest BCUT2D eigenvalue weighted by molar-refractivity contribution is 7.52. The number of nitrogens with zero attached hydrogens (tertiary/aromatic N) is 3. The third-order valence-electron chi connectivity index (χ3n) is 10.6. The molecule has 6 rings (SSSR count). The highest BCUT2D eigenvalue weighted by Gasteiger charge is 2.91. The van der Waals surface area contributed by atoms with Crippen LogP contribution in [-0.4, -0.2) is 68.1 Å². The second kappa shape index (κ2) is 16.6. The number of hydrogen-bond acceptors (Lipinski definition) is 13. The minimum Gasteiger partial charge on any atom is -0.461 e. The summed E-state index contributed by atoms with van der Waals surface area (Å²) in [4.78, 5) is 44.8. The van der Waals surface area contributed by atoms with E-state index in [9.17, 15) is 18.9 Å². The van der Waals surface area contributed by atoms with Crippen LogP contribution in [0.4, 0.5) is 5.82 Å². The van der Waals surface area contributed by atoms with E-state index in [4.69, 9.17) is 33.7 Å². The second-order valence-electron chi connectivity index (χ2n) is 15.8. The molecule has 16 heteroatoms. The number of para-hydroxylation sites is 1. The number of carbonyl (C=O) groups excluding carboxylic acids is 3. The zero-order valence-corrected chi connectivity index (χ0v) is 33.4. The van der Waals surface area contributed by atoms with E-state index in [1.807, 2.05) is 27.7 Å². The Morgan fingerprint density at radius 2 is 1.64 bits per heavy atom. The molecule has 3 aliphatic rings. The van der Waals surface area contributed by atoms with Crippen molar-refractivity contribution in [2.75, 3.05) is 5.73 Å². The van der Waals surface area contributed by atoms with Crippen molar-refractivity contribution in [3.8, 4) is 5.75 Å². The molecule has 3 N–H and O–H groups in total. The number of carbonyl (C=O) groups is 3. The fourth-order valence-corrected chi connectivity index (χ4v) is 9.23. The van der Waals surface area contributed by atoms with Crippen molar-refractivity contribution in [3.63, 3.8) is 0 Å². The summed E-state index contributed by atoms with van der Waals surface area (Å²) in [5.74, 6) is -0.927. The van der Waals surface area contributed by atoms with Gasteiger partial charge >= 0.3 is 25.7 Å². The quantitative estimate of drug-likeness (QED) is 0.0840. The van der Waals surface area contributed by atoms with Crippen molar-refractivity contribution in [1.82, 2.24) is 19.7 Å². The molecule has 0 radical (unpaired) electrons. The molecule has 1 aromatic carbocycles. The number of nitrogen functional groups attached to an aromatic ring is 1. The molecule has 2 aliphatic carbocycles. The largest absolute Gasteiger partial charge is 0.461 e. The van der Waals surface area contributed by atoms with Crippen LogP contribution in [0.3, 0.4) is 0 Å². The Labute approximate surface area is 321 Å². The zero-order valence-electron chi connectivity index (χ0n) is 32.5. The third-order valence-corrected chi connectivity index (χ3v) is 12.2. The highest BCUT2D eigenvalue weighted by Crippen LogP contribution is 2.71. The van der Waals surface area contributed by atoms with E-state index in [0.29, 0.717) is 24.1 Å². The molecule has 1 saturated heterocycles. The van der Waals surface area contributed by atoms with Crippen LogP contribution >= 0.6 is 7.75 Å². The third kappa shape index (κ3) is 8.70. The predicted molar refractivity (Wildman–Crippen MR) is 202 cm³/mol. The van der Waals surface area contributed by atoms with Gasteiger partial charge in [-0.2, -0.15) is 10.2 Å². The molecule has 0 bridgehead atoms. The first kappa shape index (κ1) is 40.6. The van der Waals surface area contributed by atoms with Gasteiger partial charge in [-0.3, -0.25) is 18.9 Å². The molecule has 1 unspecified atom stereocenters. The maximum absolute atomic E-state index is 15.0. The van der Waals surface area contributed by atoms with Crippen LogP contribution in [0, 0.1) is 11.8 Å². The molecule has 3 fully saturated rings. The first-order valence-electron chi connectivity index (χ1n) is 19.3. The van der Waals surface area contributed by atoms with Gasteiger partial charge in [0.1, 0.15) is 47.5 Å². The molecule has 55 heavy (non-hydrogen) atoms. The fourth-order valence-electron chi connectivity index (χ4n) is 7.46. The lowest BCUT2D eigenvalue weighted by molar-refractivity contribution is -0.178. The maximum atomic E-state index is 15.0. The number of ether oxygens (including phenoxy) is 4.